The maximum absolute atomic E-state index is 5.68. The Balaban J connectivity index is 2.64. The van der Waals surface area contributed by atoms with Crippen LogP contribution < -0.4 is 0 Å². The van der Waals surface area contributed by atoms with Gasteiger partial charge in [0, 0.05) is 6.21 Å². The average molecular weight is 345 g/mol. The second kappa shape index (κ2) is 9.06. The molecule has 1 aromatic rings. The molecule has 0 unspecified atom stereocenters. The molecule has 118 valence electrons. The van der Waals surface area contributed by atoms with Crippen molar-refractivity contribution in [1.29, 1.82) is 0 Å². The van der Waals surface area contributed by atoms with Gasteiger partial charge in [-0.15, -0.1) is 0 Å². The Morgan fingerprint density at radius 2 is 1.76 bits per heavy atom. The number of hydrogen-bond acceptors (Lipinski definition) is 5. The van der Waals surface area contributed by atoms with E-state index in [1.165, 1.54) is 5.56 Å². The van der Waals surface area contributed by atoms with Crippen molar-refractivity contribution in [3.05, 3.63) is 35.9 Å². The Morgan fingerprint density at radius 3 is 2.29 bits per heavy atom. The molecule has 0 heterocycles. The molecule has 0 atom stereocenters. The number of rotatable bonds is 9. The molecule has 0 saturated heterocycles. The monoisotopic (exact) mass is 345 g/mol. The van der Waals surface area contributed by atoms with Crippen molar-refractivity contribution in [1.82, 2.24) is 0 Å². The Kier molecular flexibility index (Phi) is 8.14. The summed E-state index contributed by atoms with van der Waals surface area (Å²) in [4.78, 5) is 4.53. The van der Waals surface area contributed by atoms with E-state index in [4.69, 9.17) is 20.9 Å². The van der Waals surface area contributed by atoms with E-state index in [0.717, 1.165) is 0 Å². The molecule has 0 N–H and O–H groups in total. The third kappa shape index (κ3) is 7.57. The van der Waals surface area contributed by atoms with Crippen LogP contribution in [0.15, 0.2) is 35.3 Å². The van der Waals surface area contributed by atoms with Crippen LogP contribution in [0.3, 0.4) is 0 Å². The zero-order valence-corrected chi connectivity index (χ0v) is 15.6. The molecule has 1 rings (SSSR count). The van der Waals surface area contributed by atoms with Gasteiger partial charge < -0.3 is 9.05 Å². The van der Waals surface area contributed by atoms with Crippen LogP contribution in [-0.2, 0) is 27.4 Å². The number of aliphatic imine (C=N–C) groups is 1. The van der Waals surface area contributed by atoms with Crippen molar-refractivity contribution < 1.29 is 9.05 Å². The predicted octanol–water partition coefficient (Wildman–Crippen LogP) is 5.07. The van der Waals surface area contributed by atoms with Crippen LogP contribution in [-0.4, -0.2) is 24.2 Å². The molecule has 0 amide bonds. The topological polar surface area (TPSA) is 30.8 Å². The highest BCUT2D eigenvalue weighted by Crippen LogP contribution is 2.64. The van der Waals surface area contributed by atoms with Crippen molar-refractivity contribution >= 4 is 35.1 Å². The molecule has 0 aromatic heterocycles. The summed E-state index contributed by atoms with van der Waals surface area (Å²) in [6, 6.07) is 10.2. The van der Waals surface area contributed by atoms with E-state index in [0.29, 0.717) is 19.8 Å². The molecular weight excluding hydrogens is 321 g/mol. The Morgan fingerprint density at radius 1 is 1.19 bits per heavy atom. The first-order valence-electron chi connectivity index (χ1n) is 7.05. The van der Waals surface area contributed by atoms with Crippen molar-refractivity contribution in [3.63, 3.8) is 0 Å². The van der Waals surface area contributed by atoms with Gasteiger partial charge in [0.05, 0.1) is 24.5 Å². The lowest BCUT2D eigenvalue weighted by Crippen LogP contribution is -2.17. The van der Waals surface area contributed by atoms with Gasteiger partial charge >= 0.3 is 0 Å². The molecular formula is C15H24NO2PS2. The SMILES string of the molecule is CCOP(=S)(OCC)SC(C)(C)C=NCc1ccccc1. The Labute approximate surface area is 137 Å². The fraction of sp³-hybridized carbons (Fsp3) is 0.533. The number of hydrogen-bond donors (Lipinski definition) is 0. The second-order valence-corrected chi connectivity index (χ2v) is 11.7. The molecule has 0 radical (unpaired) electrons. The molecule has 0 aliphatic heterocycles. The fourth-order valence-electron chi connectivity index (χ4n) is 1.67. The van der Waals surface area contributed by atoms with Crippen LogP contribution >= 0.6 is 17.1 Å². The van der Waals surface area contributed by atoms with Crippen LogP contribution in [0.2, 0.25) is 0 Å². The summed E-state index contributed by atoms with van der Waals surface area (Å²) in [5, 5.41) is 0. The molecule has 3 nitrogen and oxygen atoms in total. The van der Waals surface area contributed by atoms with E-state index in [-0.39, 0.29) is 4.75 Å². The van der Waals surface area contributed by atoms with Crippen molar-refractivity contribution in [3.8, 4) is 0 Å². The summed E-state index contributed by atoms with van der Waals surface area (Å²) < 4.78 is 11.1. The van der Waals surface area contributed by atoms with E-state index in [9.17, 15) is 0 Å². The number of benzene rings is 1. The minimum Gasteiger partial charge on any atom is -0.322 e. The maximum Gasteiger partial charge on any atom is 0.248 e. The van der Waals surface area contributed by atoms with Crippen molar-refractivity contribution in [2.24, 2.45) is 4.99 Å². The Hall–Kier alpha value is -0.190. The third-order valence-corrected chi connectivity index (χ3v) is 8.41. The molecule has 21 heavy (non-hydrogen) atoms. The first-order valence-corrected chi connectivity index (χ1v) is 11.1. The van der Waals surface area contributed by atoms with E-state index < -0.39 is 5.69 Å². The van der Waals surface area contributed by atoms with Crippen LogP contribution in [0.1, 0.15) is 33.3 Å². The lowest BCUT2D eigenvalue weighted by Gasteiger charge is -2.27. The summed E-state index contributed by atoms with van der Waals surface area (Å²) >= 11 is 7.13. The van der Waals surface area contributed by atoms with Crippen molar-refractivity contribution in [2.45, 2.75) is 39.0 Å². The van der Waals surface area contributed by atoms with E-state index in [1.807, 2.05) is 38.3 Å². The van der Waals surface area contributed by atoms with Gasteiger partial charge in [0.2, 0.25) is 5.69 Å². The first kappa shape index (κ1) is 18.9. The smallest absolute Gasteiger partial charge is 0.248 e. The van der Waals surface area contributed by atoms with Gasteiger partial charge in [0.25, 0.3) is 0 Å². The summed E-state index contributed by atoms with van der Waals surface area (Å²) in [5.74, 6) is 0. The predicted molar refractivity (Wildman–Crippen MR) is 97.8 cm³/mol. The second-order valence-electron chi connectivity index (χ2n) is 4.93. The molecule has 0 spiro atoms. The largest absolute Gasteiger partial charge is 0.322 e. The maximum atomic E-state index is 5.68. The molecule has 0 aliphatic rings. The van der Waals surface area contributed by atoms with Gasteiger partial charge in [-0.2, -0.15) is 0 Å². The van der Waals surface area contributed by atoms with Gasteiger partial charge in [0.15, 0.2) is 0 Å². The lowest BCUT2D eigenvalue weighted by atomic mass is 10.2. The van der Waals surface area contributed by atoms with E-state index >= 15 is 0 Å². The number of nitrogens with zero attached hydrogens (tertiary/aromatic N) is 1. The minimum absolute atomic E-state index is 0.214. The summed E-state index contributed by atoms with van der Waals surface area (Å²) in [6.45, 7) is 9.88. The Bertz CT molecular complexity index is 482. The van der Waals surface area contributed by atoms with Gasteiger partial charge in [-0.05, 0) is 45.1 Å². The zero-order chi connectivity index (χ0) is 15.8. The highest BCUT2D eigenvalue weighted by atomic mass is 32.9. The van der Waals surface area contributed by atoms with Crippen molar-refractivity contribution in [2.75, 3.05) is 13.2 Å². The highest BCUT2D eigenvalue weighted by Gasteiger charge is 2.29. The van der Waals surface area contributed by atoms with Crippen LogP contribution in [0.5, 0.6) is 0 Å². The lowest BCUT2D eigenvalue weighted by molar-refractivity contribution is 0.280. The van der Waals surface area contributed by atoms with Gasteiger partial charge in [-0.25, -0.2) is 0 Å². The molecule has 1 aromatic carbocycles. The van der Waals surface area contributed by atoms with Gasteiger partial charge in [-0.3, -0.25) is 4.99 Å². The molecule has 0 saturated carbocycles. The normalized spacial score (nSPS) is 13.0. The minimum atomic E-state index is -2.29. The summed E-state index contributed by atoms with van der Waals surface area (Å²) in [5.41, 5.74) is -1.10. The molecule has 0 fully saturated rings. The first-order chi connectivity index (χ1) is 9.91. The zero-order valence-electron chi connectivity index (χ0n) is 13.1. The van der Waals surface area contributed by atoms with Crippen LogP contribution in [0, 0.1) is 0 Å². The summed E-state index contributed by atoms with van der Waals surface area (Å²) in [7, 11) is 0. The fourth-order valence-corrected chi connectivity index (χ4v) is 8.36. The highest BCUT2D eigenvalue weighted by molar-refractivity contribution is 8.68. The quantitative estimate of drug-likeness (QED) is 0.462. The van der Waals surface area contributed by atoms with E-state index in [2.05, 4.69) is 31.0 Å². The van der Waals surface area contributed by atoms with Crippen LogP contribution in [0.25, 0.3) is 0 Å². The molecule has 6 heteroatoms. The van der Waals surface area contributed by atoms with Gasteiger partial charge in [0.1, 0.15) is 0 Å². The standard InChI is InChI=1S/C15H24NO2PS2/c1-5-17-19(20,18-6-2)21-15(3,4)13-16-12-14-10-8-7-9-11-14/h7-11,13H,5-6,12H2,1-4H3. The summed E-state index contributed by atoms with van der Waals surface area (Å²) in [6.07, 6.45) is 1.95. The van der Waals surface area contributed by atoms with E-state index in [1.54, 1.807) is 11.4 Å². The van der Waals surface area contributed by atoms with Crippen LogP contribution in [0.4, 0.5) is 0 Å². The third-order valence-electron chi connectivity index (χ3n) is 2.44. The molecule has 0 aliphatic carbocycles. The van der Waals surface area contributed by atoms with Gasteiger partial charge in [-0.1, -0.05) is 41.7 Å². The average Bonchev–Trinajstić information content (AvgIpc) is 2.39. The molecule has 0 bridgehead atoms.